The molecule has 1 aliphatic rings. The molecule has 2 rings (SSSR count). The fraction of sp³-hybridized carbons (Fsp3) is 0.545. The zero-order chi connectivity index (χ0) is 12.3. The summed E-state index contributed by atoms with van der Waals surface area (Å²) < 4.78 is 29.0. The largest absolute Gasteiger partial charge is 0.380 e. The second-order valence-corrected chi connectivity index (χ2v) is 6.88. The maximum atomic E-state index is 11.9. The van der Waals surface area contributed by atoms with E-state index >= 15 is 0 Å². The predicted octanol–water partition coefficient (Wildman–Crippen LogP) is 1.48. The standard InChI is InChI=1S/C11H14ClNO3S/c12-11-2-1-9(7-13-11)4-6-17(14,15)10-3-5-16-8-10/h1-2,7,10H,3-6,8H2. The van der Waals surface area contributed by atoms with Gasteiger partial charge in [-0.25, -0.2) is 13.4 Å². The van der Waals surface area contributed by atoms with Gasteiger partial charge in [-0.1, -0.05) is 17.7 Å². The van der Waals surface area contributed by atoms with Gasteiger partial charge in [0.05, 0.1) is 17.6 Å². The van der Waals surface area contributed by atoms with Crippen molar-refractivity contribution in [2.75, 3.05) is 19.0 Å². The Morgan fingerprint density at radius 3 is 2.88 bits per heavy atom. The second-order valence-electron chi connectivity index (χ2n) is 4.09. The summed E-state index contributed by atoms with van der Waals surface area (Å²) in [7, 11) is -3.05. The Morgan fingerprint density at radius 2 is 2.29 bits per heavy atom. The topological polar surface area (TPSA) is 56.3 Å². The van der Waals surface area contributed by atoms with E-state index in [1.165, 1.54) is 0 Å². The molecule has 0 aliphatic carbocycles. The maximum absolute atomic E-state index is 11.9. The molecule has 0 bridgehead atoms. The maximum Gasteiger partial charge on any atom is 0.155 e. The molecular weight excluding hydrogens is 262 g/mol. The van der Waals surface area contributed by atoms with Gasteiger partial charge < -0.3 is 4.74 Å². The van der Waals surface area contributed by atoms with Crippen molar-refractivity contribution in [2.45, 2.75) is 18.1 Å². The average Bonchev–Trinajstić information content (AvgIpc) is 2.82. The fourth-order valence-electron chi connectivity index (χ4n) is 1.78. The first-order valence-electron chi connectivity index (χ1n) is 5.48. The van der Waals surface area contributed by atoms with Crippen LogP contribution in [-0.4, -0.2) is 37.6 Å². The smallest absolute Gasteiger partial charge is 0.155 e. The number of sulfone groups is 1. The fourth-order valence-corrected chi connectivity index (χ4v) is 3.50. The van der Waals surface area contributed by atoms with Gasteiger partial charge in [0.25, 0.3) is 0 Å². The molecule has 1 aliphatic heterocycles. The number of halogens is 1. The lowest BCUT2D eigenvalue weighted by Crippen LogP contribution is -2.25. The zero-order valence-electron chi connectivity index (χ0n) is 9.30. The molecule has 0 spiro atoms. The van der Waals surface area contributed by atoms with Crippen LogP contribution >= 0.6 is 11.6 Å². The highest BCUT2D eigenvalue weighted by Gasteiger charge is 2.28. The van der Waals surface area contributed by atoms with E-state index in [2.05, 4.69) is 4.98 Å². The molecule has 6 heteroatoms. The number of hydrogen-bond donors (Lipinski definition) is 0. The number of hydrogen-bond acceptors (Lipinski definition) is 4. The molecule has 1 aromatic heterocycles. The molecule has 0 N–H and O–H groups in total. The molecule has 0 saturated carbocycles. The zero-order valence-corrected chi connectivity index (χ0v) is 10.9. The first-order chi connectivity index (χ1) is 8.08. The molecule has 17 heavy (non-hydrogen) atoms. The van der Waals surface area contributed by atoms with Crippen molar-refractivity contribution < 1.29 is 13.2 Å². The molecule has 4 nitrogen and oxygen atoms in total. The highest BCUT2D eigenvalue weighted by atomic mass is 35.5. The van der Waals surface area contributed by atoms with Crippen molar-refractivity contribution in [3.05, 3.63) is 29.0 Å². The summed E-state index contributed by atoms with van der Waals surface area (Å²) in [6.07, 6.45) is 2.70. The first kappa shape index (κ1) is 12.8. The van der Waals surface area contributed by atoms with Crippen LogP contribution in [0, 0.1) is 0 Å². The molecule has 1 atom stereocenters. The molecule has 0 amide bonds. The summed E-state index contributed by atoms with van der Waals surface area (Å²) in [6, 6.07) is 3.47. The van der Waals surface area contributed by atoms with Crippen molar-refractivity contribution in [1.29, 1.82) is 0 Å². The summed E-state index contributed by atoms with van der Waals surface area (Å²) in [5, 5.41) is 0.0866. The van der Waals surface area contributed by atoms with E-state index in [4.69, 9.17) is 16.3 Å². The lowest BCUT2D eigenvalue weighted by atomic mass is 10.2. The second kappa shape index (κ2) is 5.33. The van der Waals surface area contributed by atoms with Gasteiger partial charge in [-0.05, 0) is 24.5 Å². The molecule has 0 radical (unpaired) electrons. The molecule has 1 fully saturated rings. The van der Waals surface area contributed by atoms with Gasteiger partial charge in [-0.3, -0.25) is 0 Å². The van der Waals surface area contributed by atoms with Crippen molar-refractivity contribution in [1.82, 2.24) is 4.98 Å². The lowest BCUT2D eigenvalue weighted by Gasteiger charge is -2.09. The van der Waals surface area contributed by atoms with Crippen LogP contribution in [0.25, 0.3) is 0 Å². The van der Waals surface area contributed by atoms with Gasteiger partial charge in [-0.15, -0.1) is 0 Å². The van der Waals surface area contributed by atoms with Crippen LogP contribution in [0.5, 0.6) is 0 Å². The van der Waals surface area contributed by atoms with Crippen LogP contribution in [-0.2, 0) is 21.0 Å². The van der Waals surface area contributed by atoms with E-state index in [-0.39, 0.29) is 11.0 Å². The van der Waals surface area contributed by atoms with Crippen LogP contribution in [0.1, 0.15) is 12.0 Å². The first-order valence-corrected chi connectivity index (χ1v) is 7.57. The Balaban J connectivity index is 1.95. The Hall–Kier alpha value is -0.650. The normalized spacial score (nSPS) is 20.6. The minimum Gasteiger partial charge on any atom is -0.380 e. The number of rotatable bonds is 4. The third kappa shape index (κ3) is 3.40. The van der Waals surface area contributed by atoms with Crippen molar-refractivity contribution >= 4 is 21.4 Å². The summed E-state index contributed by atoms with van der Waals surface area (Å²) in [6.45, 7) is 0.883. The van der Waals surface area contributed by atoms with Crippen molar-refractivity contribution in [3.63, 3.8) is 0 Å². The van der Waals surface area contributed by atoms with Crippen molar-refractivity contribution in [3.8, 4) is 0 Å². The summed E-state index contributed by atoms with van der Waals surface area (Å²) in [5.74, 6) is 0.143. The quantitative estimate of drug-likeness (QED) is 0.781. The minimum atomic E-state index is -3.05. The number of ether oxygens (including phenoxy) is 1. The molecular formula is C11H14ClNO3S. The SMILES string of the molecule is O=S(=O)(CCc1ccc(Cl)nc1)C1CCOC1. The molecule has 1 aromatic rings. The van der Waals surface area contributed by atoms with Gasteiger partial charge in [0.1, 0.15) is 5.15 Å². The van der Waals surface area contributed by atoms with E-state index < -0.39 is 9.84 Å². The van der Waals surface area contributed by atoms with Crippen LogP contribution in [0.4, 0.5) is 0 Å². The van der Waals surface area contributed by atoms with Gasteiger partial charge in [0, 0.05) is 12.8 Å². The Morgan fingerprint density at radius 1 is 1.47 bits per heavy atom. The number of aryl methyl sites for hydroxylation is 1. The third-order valence-electron chi connectivity index (χ3n) is 2.86. The van der Waals surface area contributed by atoms with E-state index in [1.807, 2.05) is 0 Å². The van der Waals surface area contributed by atoms with Crippen LogP contribution < -0.4 is 0 Å². The van der Waals surface area contributed by atoms with Crippen LogP contribution in [0.15, 0.2) is 18.3 Å². The van der Waals surface area contributed by atoms with Gasteiger partial charge in [-0.2, -0.15) is 0 Å². The summed E-state index contributed by atoms with van der Waals surface area (Å²) in [5.41, 5.74) is 0.886. The number of aromatic nitrogens is 1. The number of nitrogens with zero attached hydrogens (tertiary/aromatic N) is 1. The van der Waals surface area contributed by atoms with E-state index in [0.717, 1.165) is 5.56 Å². The highest BCUT2D eigenvalue weighted by Crippen LogP contribution is 2.16. The third-order valence-corrected chi connectivity index (χ3v) is 5.24. The van der Waals surface area contributed by atoms with Crippen LogP contribution in [0.2, 0.25) is 5.15 Å². The summed E-state index contributed by atoms with van der Waals surface area (Å²) in [4.78, 5) is 3.92. The van der Waals surface area contributed by atoms with Crippen LogP contribution in [0.3, 0.4) is 0 Å². The average molecular weight is 276 g/mol. The van der Waals surface area contributed by atoms with Gasteiger partial charge in [0.15, 0.2) is 9.84 Å². The van der Waals surface area contributed by atoms with Gasteiger partial charge in [0.2, 0.25) is 0 Å². The molecule has 1 unspecified atom stereocenters. The number of pyridine rings is 1. The van der Waals surface area contributed by atoms with E-state index in [1.54, 1.807) is 18.3 Å². The Labute approximate surface area is 106 Å². The van der Waals surface area contributed by atoms with Crippen molar-refractivity contribution in [2.24, 2.45) is 0 Å². The molecule has 0 aromatic carbocycles. The predicted molar refractivity (Wildman–Crippen MR) is 66.0 cm³/mol. The molecule has 1 saturated heterocycles. The monoisotopic (exact) mass is 275 g/mol. The minimum absolute atomic E-state index is 0.143. The highest BCUT2D eigenvalue weighted by molar-refractivity contribution is 7.92. The lowest BCUT2D eigenvalue weighted by molar-refractivity contribution is 0.198. The van der Waals surface area contributed by atoms with E-state index in [9.17, 15) is 8.42 Å². The molecule has 94 valence electrons. The Bertz CT molecular complexity index is 466. The Kier molecular flexibility index (Phi) is 4.01. The summed E-state index contributed by atoms with van der Waals surface area (Å²) >= 11 is 5.66. The van der Waals surface area contributed by atoms with Gasteiger partial charge >= 0.3 is 0 Å². The van der Waals surface area contributed by atoms with E-state index in [0.29, 0.717) is 31.2 Å². The molecule has 2 heterocycles.